The highest BCUT2D eigenvalue weighted by atomic mass is 35.5. The lowest BCUT2D eigenvalue weighted by atomic mass is 10.1. The van der Waals surface area contributed by atoms with Gasteiger partial charge in [0.05, 0.1) is 23.8 Å². The Morgan fingerprint density at radius 1 is 0.786 bits per heavy atom. The highest BCUT2D eigenvalue weighted by molar-refractivity contribution is 6.31. The number of hydrogen-bond acceptors (Lipinski definition) is 11. The zero-order valence-corrected chi connectivity index (χ0v) is 23.8. The molecule has 2 aromatic heterocycles. The van der Waals surface area contributed by atoms with Crippen molar-refractivity contribution < 1.29 is 14.9 Å². The maximum absolute atomic E-state index is 9.90. The molecule has 0 spiro atoms. The van der Waals surface area contributed by atoms with E-state index in [0.717, 1.165) is 59.2 Å². The Labute approximate surface area is 247 Å². The molecule has 1 aliphatic heterocycles. The van der Waals surface area contributed by atoms with Crippen molar-refractivity contribution in [3.8, 4) is 17.2 Å². The Bertz CT molecular complexity index is 1730. The summed E-state index contributed by atoms with van der Waals surface area (Å²) >= 11 is 6.27. The van der Waals surface area contributed by atoms with Crippen molar-refractivity contribution >= 4 is 62.6 Å². The summed E-state index contributed by atoms with van der Waals surface area (Å²) in [5.74, 6) is 1.90. The lowest BCUT2D eigenvalue weighted by Crippen LogP contribution is -2.31. The Hall–Kier alpha value is -4.77. The van der Waals surface area contributed by atoms with Gasteiger partial charge in [-0.05, 0) is 55.7 Å². The van der Waals surface area contributed by atoms with E-state index >= 15 is 0 Å². The van der Waals surface area contributed by atoms with Crippen LogP contribution in [0.1, 0.15) is 19.3 Å². The number of hydrogen-bond donors (Lipinski definition) is 5. The number of pyridine rings is 1. The van der Waals surface area contributed by atoms with Gasteiger partial charge in [-0.1, -0.05) is 11.6 Å². The average molecular weight is 587 g/mol. The summed E-state index contributed by atoms with van der Waals surface area (Å²) in [6.45, 7) is 2.81. The van der Waals surface area contributed by atoms with Crippen LogP contribution in [0.3, 0.4) is 0 Å². The molecule has 3 aromatic carbocycles. The predicted octanol–water partition coefficient (Wildman–Crippen LogP) is 5.90. The molecule has 0 bridgehead atoms. The molecule has 6 rings (SSSR count). The summed E-state index contributed by atoms with van der Waals surface area (Å²) in [4.78, 5) is 20.8. The number of ether oxygens (including phenoxy) is 1. The molecule has 3 heterocycles. The van der Waals surface area contributed by atoms with Gasteiger partial charge >= 0.3 is 0 Å². The first-order chi connectivity index (χ1) is 20.4. The maximum Gasteiger partial charge on any atom is 0.233 e. The van der Waals surface area contributed by atoms with Gasteiger partial charge in [0, 0.05) is 65.9 Å². The van der Waals surface area contributed by atoms with Gasteiger partial charge in [0.15, 0.2) is 0 Å². The normalized spacial score (nSPS) is 13.3. The number of nitrogens with zero attached hydrogens (tertiary/aromatic N) is 5. The summed E-state index contributed by atoms with van der Waals surface area (Å²) in [5.41, 5.74) is 3.03. The molecule has 1 fully saturated rings. The first kappa shape index (κ1) is 27.4. The third kappa shape index (κ3) is 6.10. The number of aromatic hydroxyl groups is 2. The number of anilines is 5. The molecule has 0 radical (unpaired) electrons. The summed E-state index contributed by atoms with van der Waals surface area (Å²) < 4.78 is 5.47. The van der Waals surface area contributed by atoms with Crippen molar-refractivity contribution in [1.29, 1.82) is 0 Å². The van der Waals surface area contributed by atoms with Gasteiger partial charge in [-0.3, -0.25) is 0 Å². The number of nitrogens with one attached hydrogen (secondary N) is 3. The SMILES string of the molecule is COc1ccc2nc3cc(Cl)ccc3c(NCCNc3nc(Nc4cc(O)cc(O)c4)nc(N4CCCCC4)n3)c2c1. The number of fused-ring (bicyclic) bond motifs is 2. The largest absolute Gasteiger partial charge is 0.508 e. The number of rotatable bonds is 9. The smallest absolute Gasteiger partial charge is 0.233 e. The van der Waals surface area contributed by atoms with Crippen LogP contribution in [-0.4, -0.2) is 63.4 Å². The molecule has 0 saturated carbocycles. The molecule has 12 heteroatoms. The van der Waals surface area contributed by atoms with Crippen LogP contribution in [-0.2, 0) is 0 Å². The minimum Gasteiger partial charge on any atom is -0.508 e. The molecule has 1 saturated heterocycles. The second-order valence-electron chi connectivity index (χ2n) is 10.1. The van der Waals surface area contributed by atoms with Gasteiger partial charge in [-0.2, -0.15) is 15.0 Å². The second kappa shape index (κ2) is 12.0. The van der Waals surface area contributed by atoms with Crippen LogP contribution >= 0.6 is 11.6 Å². The lowest BCUT2D eigenvalue weighted by molar-refractivity contribution is 0.415. The van der Waals surface area contributed by atoms with Crippen LogP contribution in [0.2, 0.25) is 5.02 Å². The highest BCUT2D eigenvalue weighted by Gasteiger charge is 2.17. The average Bonchev–Trinajstić information content (AvgIpc) is 2.98. The second-order valence-corrected chi connectivity index (χ2v) is 10.5. The number of phenolic OH excluding ortho intramolecular Hbond substituents is 2. The summed E-state index contributed by atoms with van der Waals surface area (Å²) in [7, 11) is 1.64. The zero-order chi connectivity index (χ0) is 29.1. The number of methoxy groups -OCH3 is 1. The van der Waals surface area contributed by atoms with Crippen LogP contribution in [0.25, 0.3) is 21.8 Å². The molecule has 216 valence electrons. The fourth-order valence-electron chi connectivity index (χ4n) is 5.11. The number of aromatic nitrogens is 4. The molecule has 0 aliphatic carbocycles. The van der Waals surface area contributed by atoms with Crippen molar-refractivity contribution in [2.45, 2.75) is 19.3 Å². The molecule has 0 unspecified atom stereocenters. The van der Waals surface area contributed by atoms with Crippen molar-refractivity contribution in [3.63, 3.8) is 0 Å². The first-order valence-electron chi connectivity index (χ1n) is 13.8. The molecular weight excluding hydrogens is 556 g/mol. The Morgan fingerprint density at radius 3 is 2.33 bits per heavy atom. The molecule has 1 aliphatic rings. The molecule has 0 amide bonds. The van der Waals surface area contributed by atoms with Crippen molar-refractivity contribution in [2.75, 3.05) is 54.1 Å². The van der Waals surface area contributed by atoms with Crippen LogP contribution < -0.4 is 25.6 Å². The third-order valence-electron chi connectivity index (χ3n) is 7.07. The molecular formula is C30H31ClN8O3. The van der Waals surface area contributed by atoms with E-state index in [0.29, 0.717) is 41.6 Å². The van der Waals surface area contributed by atoms with Gasteiger partial charge in [0.2, 0.25) is 17.8 Å². The number of benzene rings is 3. The minimum absolute atomic E-state index is 0.0664. The zero-order valence-electron chi connectivity index (χ0n) is 23.1. The number of halogens is 1. The third-order valence-corrected chi connectivity index (χ3v) is 7.31. The summed E-state index contributed by atoms with van der Waals surface area (Å²) in [5, 5.41) is 32.3. The van der Waals surface area contributed by atoms with Crippen LogP contribution in [0.4, 0.5) is 29.2 Å². The van der Waals surface area contributed by atoms with Crippen molar-refractivity contribution in [2.24, 2.45) is 0 Å². The van der Waals surface area contributed by atoms with Crippen molar-refractivity contribution in [3.05, 3.63) is 59.6 Å². The van der Waals surface area contributed by atoms with Gasteiger partial charge < -0.3 is 35.8 Å². The fourth-order valence-corrected chi connectivity index (χ4v) is 5.27. The van der Waals surface area contributed by atoms with E-state index in [-0.39, 0.29) is 11.5 Å². The van der Waals surface area contributed by atoms with E-state index in [1.165, 1.54) is 24.6 Å². The van der Waals surface area contributed by atoms with E-state index in [1.54, 1.807) is 7.11 Å². The van der Waals surface area contributed by atoms with Crippen LogP contribution in [0.15, 0.2) is 54.6 Å². The Morgan fingerprint density at radius 2 is 1.55 bits per heavy atom. The molecule has 5 N–H and O–H groups in total. The van der Waals surface area contributed by atoms with Gasteiger partial charge in [-0.25, -0.2) is 4.98 Å². The lowest BCUT2D eigenvalue weighted by Gasteiger charge is -2.27. The van der Waals surface area contributed by atoms with E-state index in [4.69, 9.17) is 26.3 Å². The minimum atomic E-state index is -0.0664. The number of piperidine rings is 1. The maximum atomic E-state index is 9.90. The first-order valence-corrected chi connectivity index (χ1v) is 14.2. The number of phenols is 2. The van der Waals surface area contributed by atoms with Gasteiger partial charge in [-0.15, -0.1) is 0 Å². The van der Waals surface area contributed by atoms with E-state index in [9.17, 15) is 10.2 Å². The monoisotopic (exact) mass is 586 g/mol. The van der Waals surface area contributed by atoms with E-state index < -0.39 is 0 Å². The van der Waals surface area contributed by atoms with Gasteiger partial charge in [0.1, 0.15) is 17.2 Å². The predicted molar refractivity (Wildman–Crippen MR) is 167 cm³/mol. The van der Waals surface area contributed by atoms with Gasteiger partial charge in [0.25, 0.3) is 0 Å². The molecule has 42 heavy (non-hydrogen) atoms. The van der Waals surface area contributed by atoms with Crippen LogP contribution in [0, 0.1) is 0 Å². The fraction of sp³-hybridized carbons (Fsp3) is 0.267. The quantitative estimate of drug-likeness (QED) is 0.104. The topological polar surface area (TPSA) is 141 Å². The van der Waals surface area contributed by atoms with E-state index in [1.807, 2.05) is 36.4 Å². The molecule has 0 atom stereocenters. The molecule has 11 nitrogen and oxygen atoms in total. The van der Waals surface area contributed by atoms with Crippen molar-refractivity contribution in [1.82, 2.24) is 19.9 Å². The summed E-state index contributed by atoms with van der Waals surface area (Å²) in [6, 6.07) is 15.7. The molecule has 5 aromatic rings. The van der Waals surface area contributed by atoms with E-state index in [2.05, 4.69) is 30.8 Å². The Kier molecular flexibility index (Phi) is 7.83. The highest BCUT2D eigenvalue weighted by Crippen LogP contribution is 2.34. The Balaban J connectivity index is 1.24. The standard InChI is InChI=1S/C30H31ClN8O3/c1-42-22-6-8-25-24(17-22)27(23-7-5-18(31)13-26(23)35-25)32-9-10-33-28-36-29(34-19-14-20(40)16-21(41)15-19)38-30(37-28)39-11-3-2-4-12-39/h5-8,13-17,40-41H,2-4,9-12H2,1H3,(H,32,35)(H2,33,34,36,37,38). The van der Waals surface area contributed by atoms with Crippen LogP contribution in [0.5, 0.6) is 17.2 Å². The summed E-state index contributed by atoms with van der Waals surface area (Å²) in [6.07, 6.45) is 3.33.